The predicted octanol–water partition coefficient (Wildman–Crippen LogP) is 3.17. The normalized spacial score (nSPS) is 20.1. The average Bonchev–Trinajstić information content (AvgIpc) is 2.85. The Kier molecular flexibility index (Phi) is 2.97. The van der Waals surface area contributed by atoms with E-state index < -0.39 is 0 Å². The Labute approximate surface area is 118 Å². The smallest absolute Gasteiger partial charge is 0.337 e. The average molecular weight is 268 g/mol. The van der Waals surface area contributed by atoms with Crippen LogP contribution in [-0.2, 0) is 10.2 Å². The molecule has 3 heteroatoms. The summed E-state index contributed by atoms with van der Waals surface area (Å²) in [6.07, 6.45) is 0. The molecule has 0 aliphatic carbocycles. The zero-order valence-electron chi connectivity index (χ0n) is 11.6. The van der Waals surface area contributed by atoms with Crippen molar-refractivity contribution in [2.45, 2.75) is 12.3 Å². The van der Waals surface area contributed by atoms with Gasteiger partial charge < -0.3 is 9.47 Å². The van der Waals surface area contributed by atoms with Crippen molar-refractivity contribution in [3.8, 4) is 5.75 Å². The van der Waals surface area contributed by atoms with E-state index in [2.05, 4.69) is 19.1 Å². The van der Waals surface area contributed by atoms with Gasteiger partial charge in [-0.05, 0) is 30.7 Å². The highest BCUT2D eigenvalue weighted by molar-refractivity contribution is 5.90. The maximum atomic E-state index is 11.7. The minimum Gasteiger partial charge on any atom is -0.492 e. The van der Waals surface area contributed by atoms with Gasteiger partial charge in [0.2, 0.25) is 0 Å². The molecule has 1 heterocycles. The molecule has 0 N–H and O–H groups in total. The van der Waals surface area contributed by atoms with E-state index in [1.54, 1.807) is 6.07 Å². The molecular weight excluding hydrogens is 252 g/mol. The van der Waals surface area contributed by atoms with Crippen LogP contribution in [0.2, 0.25) is 0 Å². The maximum absolute atomic E-state index is 11.7. The third-order valence-electron chi connectivity index (χ3n) is 3.92. The van der Waals surface area contributed by atoms with Crippen molar-refractivity contribution in [2.24, 2.45) is 0 Å². The number of ether oxygens (including phenoxy) is 2. The van der Waals surface area contributed by atoms with Crippen LogP contribution < -0.4 is 4.74 Å². The van der Waals surface area contributed by atoms with Crippen LogP contribution in [0, 0.1) is 0 Å². The van der Waals surface area contributed by atoms with E-state index in [9.17, 15) is 4.79 Å². The van der Waals surface area contributed by atoms with Crippen molar-refractivity contribution in [3.63, 3.8) is 0 Å². The highest BCUT2D eigenvalue weighted by Gasteiger charge is 2.38. The molecule has 0 bridgehead atoms. The van der Waals surface area contributed by atoms with E-state index in [1.807, 2.05) is 30.3 Å². The number of carbonyl (C=O) groups is 1. The molecule has 3 rings (SSSR count). The monoisotopic (exact) mass is 268 g/mol. The zero-order chi connectivity index (χ0) is 14.2. The second-order valence-electron chi connectivity index (χ2n) is 5.19. The summed E-state index contributed by atoms with van der Waals surface area (Å²) in [6, 6.07) is 15.7. The molecule has 0 amide bonds. The van der Waals surface area contributed by atoms with Gasteiger partial charge in [0, 0.05) is 5.56 Å². The van der Waals surface area contributed by atoms with Gasteiger partial charge in [0.15, 0.2) is 0 Å². The van der Waals surface area contributed by atoms with Crippen molar-refractivity contribution in [3.05, 3.63) is 65.2 Å². The number of carbonyl (C=O) groups excluding carboxylic acids is 1. The minimum atomic E-state index is -0.324. The second kappa shape index (κ2) is 4.67. The highest BCUT2D eigenvalue weighted by atomic mass is 16.5. The third kappa shape index (κ3) is 1.86. The van der Waals surface area contributed by atoms with E-state index in [4.69, 9.17) is 9.47 Å². The Hall–Kier alpha value is -2.29. The van der Waals surface area contributed by atoms with Gasteiger partial charge in [0.05, 0.1) is 18.1 Å². The molecule has 1 aliphatic heterocycles. The number of fused-ring (bicyclic) bond motifs is 1. The maximum Gasteiger partial charge on any atom is 0.337 e. The molecule has 102 valence electrons. The van der Waals surface area contributed by atoms with Crippen molar-refractivity contribution in [2.75, 3.05) is 13.7 Å². The summed E-state index contributed by atoms with van der Waals surface area (Å²) in [5, 5.41) is 0. The molecule has 0 saturated heterocycles. The molecule has 2 aromatic rings. The third-order valence-corrected chi connectivity index (χ3v) is 3.92. The summed E-state index contributed by atoms with van der Waals surface area (Å²) in [4.78, 5) is 11.7. The standard InChI is InChI=1S/C17H16O3/c1-17(13-6-4-3-5-7-13)11-20-15-9-8-12(10-14(15)17)16(18)19-2/h3-10H,11H2,1-2H3. The summed E-state index contributed by atoms with van der Waals surface area (Å²) in [6.45, 7) is 2.71. The van der Waals surface area contributed by atoms with Gasteiger partial charge in [-0.3, -0.25) is 0 Å². The molecule has 20 heavy (non-hydrogen) atoms. The Bertz CT molecular complexity index is 649. The van der Waals surface area contributed by atoms with E-state index in [0.29, 0.717) is 12.2 Å². The fourth-order valence-electron chi connectivity index (χ4n) is 2.68. The van der Waals surface area contributed by atoms with Gasteiger partial charge in [-0.15, -0.1) is 0 Å². The summed E-state index contributed by atoms with van der Waals surface area (Å²) >= 11 is 0. The number of methoxy groups -OCH3 is 1. The first-order valence-corrected chi connectivity index (χ1v) is 6.56. The van der Waals surface area contributed by atoms with Crippen LogP contribution in [0.4, 0.5) is 0 Å². The van der Waals surface area contributed by atoms with E-state index in [0.717, 1.165) is 11.3 Å². The summed E-state index contributed by atoms with van der Waals surface area (Å²) < 4.78 is 10.6. The number of esters is 1. The van der Waals surface area contributed by atoms with Gasteiger partial charge in [-0.25, -0.2) is 4.79 Å². The number of benzene rings is 2. The molecule has 0 spiro atoms. The first-order valence-electron chi connectivity index (χ1n) is 6.56. The zero-order valence-corrected chi connectivity index (χ0v) is 11.6. The quantitative estimate of drug-likeness (QED) is 0.785. The van der Waals surface area contributed by atoms with Crippen LogP contribution in [0.5, 0.6) is 5.75 Å². The molecule has 1 aliphatic rings. The lowest BCUT2D eigenvalue weighted by atomic mass is 9.77. The lowest BCUT2D eigenvalue weighted by Gasteiger charge is -2.23. The van der Waals surface area contributed by atoms with Crippen LogP contribution in [0.1, 0.15) is 28.4 Å². The summed E-state index contributed by atoms with van der Waals surface area (Å²) in [7, 11) is 1.39. The number of hydrogen-bond donors (Lipinski definition) is 0. The highest BCUT2D eigenvalue weighted by Crippen LogP contribution is 2.43. The molecule has 1 unspecified atom stereocenters. The fraction of sp³-hybridized carbons (Fsp3) is 0.235. The predicted molar refractivity (Wildman–Crippen MR) is 76.2 cm³/mol. The topological polar surface area (TPSA) is 35.5 Å². The molecule has 3 nitrogen and oxygen atoms in total. The van der Waals surface area contributed by atoms with Crippen molar-refractivity contribution in [1.29, 1.82) is 0 Å². The van der Waals surface area contributed by atoms with Gasteiger partial charge >= 0.3 is 5.97 Å². The molecule has 0 fully saturated rings. The van der Waals surface area contributed by atoms with E-state index in [1.165, 1.54) is 12.7 Å². The van der Waals surface area contributed by atoms with Crippen LogP contribution in [0.25, 0.3) is 0 Å². The Morgan fingerprint density at radius 2 is 1.95 bits per heavy atom. The molecule has 0 aromatic heterocycles. The Morgan fingerprint density at radius 3 is 2.65 bits per heavy atom. The lowest BCUT2D eigenvalue weighted by Crippen LogP contribution is -2.25. The fourth-order valence-corrected chi connectivity index (χ4v) is 2.68. The Morgan fingerprint density at radius 1 is 1.20 bits per heavy atom. The first kappa shape index (κ1) is 12.7. The van der Waals surface area contributed by atoms with E-state index >= 15 is 0 Å². The Balaban J connectivity index is 2.11. The minimum absolute atomic E-state index is 0.235. The van der Waals surface area contributed by atoms with Gasteiger partial charge in [-0.2, -0.15) is 0 Å². The van der Waals surface area contributed by atoms with Crippen LogP contribution in [0.15, 0.2) is 48.5 Å². The summed E-state index contributed by atoms with van der Waals surface area (Å²) in [5.41, 5.74) is 2.53. The molecule has 0 radical (unpaired) electrons. The number of hydrogen-bond acceptors (Lipinski definition) is 3. The second-order valence-corrected chi connectivity index (χ2v) is 5.19. The number of rotatable bonds is 2. The van der Waals surface area contributed by atoms with Gasteiger partial charge in [0.1, 0.15) is 12.4 Å². The van der Waals surface area contributed by atoms with Crippen LogP contribution in [0.3, 0.4) is 0 Å². The largest absolute Gasteiger partial charge is 0.492 e. The van der Waals surface area contributed by atoms with Crippen molar-refractivity contribution >= 4 is 5.97 Å². The first-order chi connectivity index (χ1) is 9.65. The molecule has 1 atom stereocenters. The van der Waals surface area contributed by atoms with Crippen LogP contribution >= 0.6 is 0 Å². The van der Waals surface area contributed by atoms with E-state index in [-0.39, 0.29) is 11.4 Å². The molecule has 2 aromatic carbocycles. The van der Waals surface area contributed by atoms with Crippen molar-refractivity contribution < 1.29 is 14.3 Å². The van der Waals surface area contributed by atoms with Crippen LogP contribution in [-0.4, -0.2) is 19.7 Å². The van der Waals surface area contributed by atoms with Gasteiger partial charge in [0.25, 0.3) is 0 Å². The van der Waals surface area contributed by atoms with Gasteiger partial charge in [-0.1, -0.05) is 30.3 Å². The van der Waals surface area contributed by atoms with Crippen molar-refractivity contribution in [1.82, 2.24) is 0 Å². The SMILES string of the molecule is COC(=O)c1ccc2c(c1)C(C)(c1ccccc1)CO2. The molecular formula is C17H16O3. The molecule has 0 saturated carbocycles. The lowest BCUT2D eigenvalue weighted by molar-refractivity contribution is 0.0600. The summed E-state index contributed by atoms with van der Waals surface area (Å²) in [5.74, 6) is 0.513.